The summed E-state index contributed by atoms with van der Waals surface area (Å²) in [6, 6.07) is 6.14. The lowest BCUT2D eigenvalue weighted by molar-refractivity contribution is -0.121. The zero-order valence-electron chi connectivity index (χ0n) is 12.8. The van der Waals surface area contributed by atoms with Crippen molar-refractivity contribution in [1.29, 1.82) is 0 Å². The Hall–Kier alpha value is -1.75. The predicted octanol–water partition coefficient (Wildman–Crippen LogP) is 2.02. The summed E-state index contributed by atoms with van der Waals surface area (Å²) in [4.78, 5) is 11.5. The van der Waals surface area contributed by atoms with Crippen LogP contribution < -0.4 is 20.1 Å². The molecule has 1 amide bonds. The molecule has 1 aromatic rings. The summed E-state index contributed by atoms with van der Waals surface area (Å²) in [5, 5.41) is 6.23. The average molecular weight is 292 g/mol. The fourth-order valence-corrected chi connectivity index (χ4v) is 2.20. The highest BCUT2D eigenvalue weighted by atomic mass is 16.6. The molecular formula is C16H24N2O3. The third-order valence-electron chi connectivity index (χ3n) is 3.44. The third kappa shape index (κ3) is 4.63. The van der Waals surface area contributed by atoms with Crippen molar-refractivity contribution >= 4 is 5.91 Å². The van der Waals surface area contributed by atoms with E-state index in [2.05, 4.69) is 17.6 Å². The zero-order valence-corrected chi connectivity index (χ0v) is 12.8. The molecule has 116 valence electrons. The molecule has 0 aliphatic carbocycles. The van der Waals surface area contributed by atoms with Crippen LogP contribution >= 0.6 is 0 Å². The molecular weight excluding hydrogens is 268 g/mol. The molecule has 2 N–H and O–H groups in total. The molecule has 1 aromatic carbocycles. The molecule has 1 unspecified atom stereocenters. The van der Waals surface area contributed by atoms with Gasteiger partial charge in [-0.1, -0.05) is 13.0 Å². The second-order valence-electron chi connectivity index (χ2n) is 5.18. The molecule has 0 aromatic heterocycles. The summed E-state index contributed by atoms with van der Waals surface area (Å²) in [7, 11) is 0. The Morgan fingerprint density at radius 3 is 2.76 bits per heavy atom. The molecule has 0 saturated heterocycles. The van der Waals surface area contributed by atoms with Crippen LogP contribution in [-0.4, -0.2) is 32.2 Å². The van der Waals surface area contributed by atoms with Crippen LogP contribution in [0.5, 0.6) is 11.5 Å². The summed E-state index contributed by atoms with van der Waals surface area (Å²) in [5.41, 5.74) is 1.13. The number of benzene rings is 1. The summed E-state index contributed by atoms with van der Waals surface area (Å²) in [6.07, 6.45) is 1.46. The average Bonchev–Trinajstić information content (AvgIpc) is 2.52. The number of hydrogen-bond acceptors (Lipinski definition) is 4. The molecule has 1 atom stereocenters. The van der Waals surface area contributed by atoms with E-state index in [1.807, 2.05) is 25.1 Å². The number of ether oxygens (including phenoxy) is 2. The minimum Gasteiger partial charge on any atom is -0.486 e. The predicted molar refractivity (Wildman–Crippen MR) is 81.8 cm³/mol. The Kier molecular flexibility index (Phi) is 5.87. The molecule has 0 bridgehead atoms. The van der Waals surface area contributed by atoms with E-state index >= 15 is 0 Å². The number of amides is 1. The molecule has 1 aliphatic heterocycles. The standard InChI is InChI=1S/C16H24N2O3/c1-3-7-18-16(19)6-8-17-12(2)13-4-5-14-15(11-13)21-10-9-20-14/h4-5,11-12,17H,3,6-10H2,1-2H3,(H,18,19). The lowest BCUT2D eigenvalue weighted by Gasteiger charge is -2.21. The van der Waals surface area contributed by atoms with Crippen LogP contribution in [0, 0.1) is 0 Å². The normalized spacial score (nSPS) is 14.6. The van der Waals surface area contributed by atoms with E-state index in [0.29, 0.717) is 26.2 Å². The lowest BCUT2D eigenvalue weighted by atomic mass is 10.1. The van der Waals surface area contributed by atoms with E-state index in [1.165, 1.54) is 0 Å². The van der Waals surface area contributed by atoms with E-state index in [1.54, 1.807) is 0 Å². The first-order valence-electron chi connectivity index (χ1n) is 7.60. The Bertz CT molecular complexity index is 477. The zero-order chi connectivity index (χ0) is 15.1. The van der Waals surface area contributed by atoms with Crippen LogP contribution in [0.1, 0.15) is 38.3 Å². The summed E-state index contributed by atoms with van der Waals surface area (Å²) < 4.78 is 11.1. The van der Waals surface area contributed by atoms with Gasteiger partial charge >= 0.3 is 0 Å². The van der Waals surface area contributed by atoms with Crippen molar-refractivity contribution in [2.45, 2.75) is 32.7 Å². The summed E-state index contributed by atoms with van der Waals surface area (Å²) >= 11 is 0. The van der Waals surface area contributed by atoms with Gasteiger partial charge in [-0.05, 0) is 31.0 Å². The second-order valence-corrected chi connectivity index (χ2v) is 5.18. The second kappa shape index (κ2) is 7.88. The van der Waals surface area contributed by atoms with E-state index < -0.39 is 0 Å². The fourth-order valence-electron chi connectivity index (χ4n) is 2.20. The quantitative estimate of drug-likeness (QED) is 0.807. The van der Waals surface area contributed by atoms with Crippen LogP contribution in [0.2, 0.25) is 0 Å². The first-order chi connectivity index (χ1) is 10.2. The van der Waals surface area contributed by atoms with Gasteiger partial charge in [-0.2, -0.15) is 0 Å². The smallest absolute Gasteiger partial charge is 0.221 e. The van der Waals surface area contributed by atoms with Crippen LogP contribution in [-0.2, 0) is 4.79 Å². The van der Waals surface area contributed by atoms with Gasteiger partial charge in [-0.25, -0.2) is 0 Å². The monoisotopic (exact) mass is 292 g/mol. The van der Waals surface area contributed by atoms with Crippen LogP contribution in [0.15, 0.2) is 18.2 Å². The lowest BCUT2D eigenvalue weighted by Crippen LogP contribution is -2.29. The molecule has 0 saturated carbocycles. The molecule has 1 aliphatic rings. The van der Waals surface area contributed by atoms with Gasteiger partial charge < -0.3 is 20.1 Å². The van der Waals surface area contributed by atoms with E-state index in [-0.39, 0.29) is 11.9 Å². The maximum Gasteiger partial charge on any atom is 0.221 e. The summed E-state index contributed by atoms with van der Waals surface area (Å²) in [5.74, 6) is 1.70. The van der Waals surface area contributed by atoms with Crippen molar-refractivity contribution in [3.05, 3.63) is 23.8 Å². The highest BCUT2D eigenvalue weighted by Gasteiger charge is 2.14. The third-order valence-corrected chi connectivity index (χ3v) is 3.44. The van der Waals surface area contributed by atoms with Gasteiger partial charge in [-0.3, -0.25) is 4.79 Å². The van der Waals surface area contributed by atoms with Gasteiger partial charge in [0.2, 0.25) is 5.91 Å². The molecule has 1 heterocycles. The Morgan fingerprint density at radius 1 is 1.24 bits per heavy atom. The molecule has 2 rings (SSSR count). The van der Waals surface area contributed by atoms with Crippen molar-refractivity contribution in [1.82, 2.24) is 10.6 Å². The van der Waals surface area contributed by atoms with Crippen LogP contribution in [0.3, 0.4) is 0 Å². The number of hydrogen-bond donors (Lipinski definition) is 2. The molecule has 5 heteroatoms. The minimum atomic E-state index is 0.0960. The number of carbonyl (C=O) groups is 1. The molecule has 0 radical (unpaired) electrons. The molecule has 0 fully saturated rings. The number of carbonyl (C=O) groups excluding carboxylic acids is 1. The minimum absolute atomic E-state index is 0.0960. The topological polar surface area (TPSA) is 59.6 Å². The maximum atomic E-state index is 11.5. The van der Waals surface area contributed by atoms with Gasteiger partial charge in [-0.15, -0.1) is 0 Å². The van der Waals surface area contributed by atoms with Gasteiger partial charge in [0.05, 0.1) is 0 Å². The van der Waals surface area contributed by atoms with E-state index in [4.69, 9.17) is 9.47 Å². The van der Waals surface area contributed by atoms with Gasteiger partial charge in [0.1, 0.15) is 13.2 Å². The molecule has 0 spiro atoms. The number of nitrogens with one attached hydrogen (secondary N) is 2. The number of fused-ring (bicyclic) bond motifs is 1. The van der Waals surface area contributed by atoms with Gasteiger partial charge in [0.25, 0.3) is 0 Å². The maximum absolute atomic E-state index is 11.5. The Labute approximate surface area is 126 Å². The van der Waals surface area contributed by atoms with Crippen molar-refractivity contribution in [2.24, 2.45) is 0 Å². The number of rotatable bonds is 7. The van der Waals surface area contributed by atoms with E-state index in [9.17, 15) is 4.79 Å². The summed E-state index contributed by atoms with van der Waals surface area (Å²) in [6.45, 7) is 6.72. The van der Waals surface area contributed by atoms with E-state index in [0.717, 1.165) is 30.0 Å². The molecule has 5 nitrogen and oxygen atoms in total. The fraction of sp³-hybridized carbons (Fsp3) is 0.562. The van der Waals surface area contributed by atoms with Gasteiger partial charge in [0, 0.05) is 25.6 Å². The van der Waals surface area contributed by atoms with Gasteiger partial charge in [0.15, 0.2) is 11.5 Å². The Morgan fingerprint density at radius 2 is 2.00 bits per heavy atom. The highest BCUT2D eigenvalue weighted by molar-refractivity contribution is 5.75. The molecule has 21 heavy (non-hydrogen) atoms. The van der Waals surface area contributed by atoms with Crippen molar-refractivity contribution in [2.75, 3.05) is 26.3 Å². The van der Waals surface area contributed by atoms with Crippen LogP contribution in [0.4, 0.5) is 0 Å². The first-order valence-corrected chi connectivity index (χ1v) is 7.60. The SMILES string of the molecule is CCCNC(=O)CCNC(C)c1ccc2c(c1)OCCO2. The largest absolute Gasteiger partial charge is 0.486 e. The van der Waals surface area contributed by atoms with Crippen molar-refractivity contribution in [3.8, 4) is 11.5 Å². The highest BCUT2D eigenvalue weighted by Crippen LogP contribution is 2.32. The van der Waals surface area contributed by atoms with Crippen LogP contribution in [0.25, 0.3) is 0 Å². The van der Waals surface area contributed by atoms with Crippen molar-refractivity contribution < 1.29 is 14.3 Å². The Balaban J connectivity index is 1.80. The first kappa shape index (κ1) is 15.6. The van der Waals surface area contributed by atoms with Crippen molar-refractivity contribution in [3.63, 3.8) is 0 Å².